The Labute approximate surface area is 162 Å². The molecule has 0 saturated carbocycles. The molecule has 2 aromatic carbocycles. The van der Waals surface area contributed by atoms with Crippen LogP contribution in [0.3, 0.4) is 0 Å². The van der Waals surface area contributed by atoms with Gasteiger partial charge in [-0.1, -0.05) is 55.2 Å². The topological polar surface area (TPSA) is 0 Å². The smallest absolute Gasteiger partial charge is 0.0253 e. The fourth-order valence-corrected chi connectivity index (χ4v) is 2.74. The van der Waals surface area contributed by atoms with Crippen LogP contribution in [0.25, 0.3) is 11.1 Å². The number of rotatable bonds is 0. The first-order valence-electron chi connectivity index (χ1n) is 7.35. The van der Waals surface area contributed by atoms with Gasteiger partial charge in [-0.25, -0.2) is 11.6 Å². The molecule has 124 valence electrons. The maximum atomic E-state index is 3.30. The minimum Gasteiger partial charge on any atom is -0.179 e. The van der Waals surface area contributed by atoms with Crippen molar-refractivity contribution in [2.24, 2.45) is 5.92 Å². The minimum atomic E-state index is 0. The van der Waals surface area contributed by atoms with Gasteiger partial charge < -0.3 is 14.9 Å². The molecule has 0 nitrogen and oxygen atoms in total. The van der Waals surface area contributed by atoms with Gasteiger partial charge in [-0.05, 0) is 6.42 Å². The Morgan fingerprint density at radius 1 is 1.04 bits per heavy atom. The van der Waals surface area contributed by atoms with Crippen molar-refractivity contribution in [3.05, 3.63) is 98.3 Å². The van der Waals surface area contributed by atoms with Gasteiger partial charge in [-0.15, -0.1) is 5.56 Å². The third-order valence-corrected chi connectivity index (χ3v) is 3.71. The van der Waals surface area contributed by atoms with Gasteiger partial charge in [-0.3, -0.25) is 6.08 Å². The van der Waals surface area contributed by atoms with Gasteiger partial charge in [0.15, 0.2) is 0 Å². The summed E-state index contributed by atoms with van der Waals surface area (Å²) in [5.74, 6) is 0.556. The van der Waals surface area contributed by atoms with E-state index in [4.69, 9.17) is 0 Å². The van der Waals surface area contributed by atoms with E-state index in [0.29, 0.717) is 5.92 Å². The van der Waals surface area contributed by atoms with Crippen LogP contribution < -0.4 is 0 Å². The van der Waals surface area contributed by atoms with Gasteiger partial charge in [0.1, 0.15) is 0 Å². The number of hydrogen-bond acceptors (Lipinski definition) is 0. The molecule has 0 N–H and O–H groups in total. The average molecular weight is 364 g/mol. The van der Waals surface area contributed by atoms with Crippen molar-refractivity contribution < 1.29 is 19.2 Å². The van der Waals surface area contributed by atoms with Crippen molar-refractivity contribution in [1.29, 1.82) is 0 Å². The van der Waals surface area contributed by atoms with Crippen LogP contribution in [0.1, 0.15) is 25.0 Å². The summed E-state index contributed by atoms with van der Waals surface area (Å²) in [5.41, 5.74) is 6.78. The number of hydrogen-bond donors (Lipinski definition) is 0. The monoisotopic (exact) mass is 364 g/mol. The molecule has 0 fully saturated rings. The molecule has 2 radical (unpaired) electrons. The molecule has 4 rings (SSSR count). The van der Waals surface area contributed by atoms with Crippen molar-refractivity contribution in [2.75, 3.05) is 0 Å². The maximum absolute atomic E-state index is 3.30. The quantitative estimate of drug-likeness (QED) is 0.364. The predicted octanol–water partition coefficient (Wildman–Crippen LogP) is 5.52. The van der Waals surface area contributed by atoms with Gasteiger partial charge >= 0.3 is 26.8 Å². The summed E-state index contributed by atoms with van der Waals surface area (Å²) in [6.45, 7) is 4.20. The zero-order chi connectivity index (χ0) is 15.9. The molecule has 2 aliphatic rings. The summed E-state index contributed by atoms with van der Waals surface area (Å²) in [6.07, 6.45) is 8.52. The maximum Gasteiger partial charge on any atom is -0.0253 e. The summed E-state index contributed by atoms with van der Waals surface area (Å²) in [4.78, 5) is 0. The Balaban J connectivity index is 0.000000419. The van der Waals surface area contributed by atoms with Gasteiger partial charge in [-0.2, -0.15) is 35.9 Å². The van der Waals surface area contributed by atoms with E-state index < -0.39 is 0 Å². The number of allylic oxidation sites excluding steroid dienone is 4. The number of benzene rings is 2. The summed E-state index contributed by atoms with van der Waals surface area (Å²) in [5, 5.41) is 0. The van der Waals surface area contributed by atoms with Crippen LogP contribution in [-0.2, 0) is 25.6 Å². The van der Waals surface area contributed by atoms with Gasteiger partial charge in [0.2, 0.25) is 0 Å². The fourth-order valence-electron chi connectivity index (χ4n) is 2.74. The molecule has 0 amide bonds. The first kappa shape index (κ1) is 22.9. The summed E-state index contributed by atoms with van der Waals surface area (Å²) < 4.78 is 0. The SMILES string of the molecule is CC1=[C-]C(C)C=C1.[CH3-].[CH3-].[Si]=[Ti].[c-]1cccc2c1Cc1ccccc1-2. The van der Waals surface area contributed by atoms with Crippen LogP contribution in [-0.4, -0.2) is 7.63 Å². The van der Waals surface area contributed by atoms with Crippen molar-refractivity contribution in [3.63, 3.8) is 0 Å². The second-order valence-corrected chi connectivity index (χ2v) is 5.37. The Morgan fingerprint density at radius 2 is 1.71 bits per heavy atom. The molecule has 0 aliphatic heterocycles. The average Bonchev–Trinajstić information content (AvgIpc) is 3.12. The van der Waals surface area contributed by atoms with Crippen molar-refractivity contribution in [2.45, 2.75) is 20.3 Å². The third kappa shape index (κ3) is 5.74. The van der Waals surface area contributed by atoms with E-state index in [1.54, 1.807) is 19.2 Å². The van der Waals surface area contributed by atoms with E-state index >= 15 is 0 Å². The zero-order valence-electron chi connectivity index (χ0n) is 15.0. The van der Waals surface area contributed by atoms with E-state index in [9.17, 15) is 0 Å². The molecule has 1 atom stereocenters. The summed E-state index contributed by atoms with van der Waals surface area (Å²) >= 11 is 1.81. The molecule has 2 aromatic rings. The second kappa shape index (κ2) is 11.4. The minimum absolute atomic E-state index is 0. The molecule has 1 unspecified atom stereocenters. The van der Waals surface area contributed by atoms with Crippen LogP contribution >= 0.6 is 0 Å². The zero-order valence-corrected chi connectivity index (χ0v) is 17.5. The van der Waals surface area contributed by atoms with E-state index in [2.05, 4.69) is 82.2 Å². The van der Waals surface area contributed by atoms with Gasteiger partial charge in [0.05, 0.1) is 0 Å². The van der Waals surface area contributed by atoms with Crippen LogP contribution in [0.4, 0.5) is 0 Å². The van der Waals surface area contributed by atoms with Crippen molar-refractivity contribution in [1.82, 2.24) is 0 Å². The molecule has 0 spiro atoms. The molecule has 2 heteroatoms. The van der Waals surface area contributed by atoms with E-state index in [-0.39, 0.29) is 14.9 Å². The molecule has 0 saturated heterocycles. The Hall–Kier alpha value is -1.15. The second-order valence-electron chi connectivity index (χ2n) is 5.37. The van der Waals surface area contributed by atoms with E-state index in [0.717, 1.165) is 6.42 Å². The summed E-state index contributed by atoms with van der Waals surface area (Å²) in [7, 11) is 2.97. The Morgan fingerprint density at radius 3 is 2.29 bits per heavy atom. The molecule has 0 aromatic heterocycles. The largest absolute Gasteiger partial charge is 0.179 e. The van der Waals surface area contributed by atoms with Crippen LogP contribution in [0.15, 0.2) is 60.2 Å². The standard InChI is InChI=1S/C13H9.C7H9.2CH3.Si.Ti/c1-3-7-12-10(5-1)9-11-6-2-4-8-13(11)12;1-6-3-4-7(2)5-6;;;;/h1-5,7-8H,9H2;3-4,6H,1-2H3;2*1H3;;/q4*-1;;. The third-order valence-electron chi connectivity index (χ3n) is 3.71. The predicted molar refractivity (Wildman–Crippen MR) is 103 cm³/mol. The molecular formula is C22H24SiTi-4. The van der Waals surface area contributed by atoms with Crippen LogP contribution in [0.2, 0.25) is 0 Å². The van der Waals surface area contributed by atoms with Crippen molar-refractivity contribution >= 4 is 7.63 Å². The Kier molecular flexibility index (Phi) is 10.9. The summed E-state index contributed by atoms with van der Waals surface area (Å²) in [6, 6.07) is 18.1. The van der Waals surface area contributed by atoms with Gasteiger partial charge in [0.25, 0.3) is 0 Å². The molecule has 0 bridgehead atoms. The first-order chi connectivity index (χ1) is 10.7. The van der Waals surface area contributed by atoms with Gasteiger partial charge in [0, 0.05) is 0 Å². The van der Waals surface area contributed by atoms with Crippen LogP contribution in [0, 0.1) is 32.9 Å². The first-order valence-corrected chi connectivity index (χ1v) is 10.2. The molecule has 0 heterocycles. The number of fused-ring (bicyclic) bond motifs is 3. The molecule has 2 aliphatic carbocycles. The Bertz CT molecular complexity index is 657. The normalized spacial score (nSPS) is 15.0. The molecule has 24 heavy (non-hydrogen) atoms. The van der Waals surface area contributed by atoms with E-state index in [1.165, 1.54) is 27.8 Å². The van der Waals surface area contributed by atoms with Crippen LogP contribution in [0.5, 0.6) is 0 Å². The fraction of sp³-hybridized carbons (Fsp3) is 0.182. The van der Waals surface area contributed by atoms with Crippen molar-refractivity contribution in [3.8, 4) is 11.1 Å². The molecular weight excluding hydrogens is 340 g/mol. The van der Waals surface area contributed by atoms with E-state index in [1.807, 2.05) is 6.07 Å².